The average Bonchev–Trinajstić information content (AvgIpc) is 2.92. The minimum absolute atomic E-state index is 0.886. The standard InChI is InChI=1S/C40H80/c1-7-9-11-16-25-31-39-37(29-21-10-8-2)33-34-38(30-24-19-14-12-17-22-27-35(3)4)40(39)32-26-20-15-13-18-23-28-36(5)6/h35-40H,7-34H2,1-6H3. The molecule has 1 aliphatic carbocycles. The topological polar surface area (TPSA) is 0 Å². The van der Waals surface area contributed by atoms with Gasteiger partial charge in [0.15, 0.2) is 0 Å². The molecule has 0 amide bonds. The molecule has 40 heavy (non-hydrogen) atoms. The van der Waals surface area contributed by atoms with Gasteiger partial charge in [-0.1, -0.05) is 196 Å². The van der Waals surface area contributed by atoms with Gasteiger partial charge in [0.2, 0.25) is 0 Å². The van der Waals surface area contributed by atoms with Crippen LogP contribution in [-0.4, -0.2) is 0 Å². The van der Waals surface area contributed by atoms with Crippen molar-refractivity contribution in [2.75, 3.05) is 0 Å². The largest absolute Gasteiger partial charge is 0.0654 e. The molecule has 240 valence electrons. The van der Waals surface area contributed by atoms with Crippen LogP contribution in [0.3, 0.4) is 0 Å². The van der Waals surface area contributed by atoms with Crippen molar-refractivity contribution in [3.05, 3.63) is 0 Å². The predicted octanol–water partition coefficient (Wildman–Crippen LogP) is 14.7. The third-order valence-electron chi connectivity index (χ3n) is 10.7. The molecule has 1 aliphatic rings. The molecule has 0 bridgehead atoms. The summed E-state index contributed by atoms with van der Waals surface area (Å²) in [6, 6.07) is 0. The van der Waals surface area contributed by atoms with Gasteiger partial charge in [0, 0.05) is 0 Å². The summed E-state index contributed by atoms with van der Waals surface area (Å²) in [5.74, 6) is 5.99. The first-order valence-electron chi connectivity index (χ1n) is 19.5. The highest BCUT2D eigenvalue weighted by Gasteiger charge is 2.37. The third-order valence-corrected chi connectivity index (χ3v) is 10.7. The van der Waals surface area contributed by atoms with E-state index in [-0.39, 0.29) is 0 Å². The highest BCUT2D eigenvalue weighted by Crippen LogP contribution is 2.47. The lowest BCUT2D eigenvalue weighted by atomic mass is 9.61. The number of hydrogen-bond donors (Lipinski definition) is 0. The van der Waals surface area contributed by atoms with E-state index in [1.54, 1.807) is 38.5 Å². The maximum absolute atomic E-state index is 2.39. The molecule has 0 saturated heterocycles. The van der Waals surface area contributed by atoms with E-state index < -0.39 is 0 Å². The Balaban J connectivity index is 2.63. The van der Waals surface area contributed by atoms with Crippen molar-refractivity contribution in [3.8, 4) is 0 Å². The SMILES string of the molecule is CCCCCCCC1C(CCCCC)CCC(CCCCCCCCC(C)C)C1CCCCCCCCC(C)C. The van der Waals surface area contributed by atoms with Crippen LogP contribution in [0.1, 0.15) is 221 Å². The summed E-state index contributed by atoms with van der Waals surface area (Å²) in [5, 5.41) is 0. The Morgan fingerprint density at radius 1 is 0.375 bits per heavy atom. The summed E-state index contributed by atoms with van der Waals surface area (Å²) in [6.45, 7) is 14.3. The molecule has 0 aromatic heterocycles. The van der Waals surface area contributed by atoms with E-state index in [9.17, 15) is 0 Å². The van der Waals surface area contributed by atoms with Crippen LogP contribution < -0.4 is 0 Å². The van der Waals surface area contributed by atoms with Crippen molar-refractivity contribution in [1.82, 2.24) is 0 Å². The van der Waals surface area contributed by atoms with Gasteiger partial charge >= 0.3 is 0 Å². The lowest BCUT2D eigenvalue weighted by molar-refractivity contribution is 0.0581. The zero-order chi connectivity index (χ0) is 29.3. The molecule has 0 aromatic carbocycles. The number of unbranched alkanes of at least 4 members (excludes halogenated alkanes) is 16. The Hall–Kier alpha value is 0. The first-order chi connectivity index (χ1) is 19.5. The molecule has 0 spiro atoms. The van der Waals surface area contributed by atoms with Crippen LogP contribution in [0.5, 0.6) is 0 Å². The normalized spacial score (nSPS) is 21.6. The van der Waals surface area contributed by atoms with Crippen LogP contribution >= 0.6 is 0 Å². The lowest BCUT2D eigenvalue weighted by Gasteiger charge is -2.44. The van der Waals surface area contributed by atoms with Gasteiger partial charge in [-0.25, -0.2) is 0 Å². The van der Waals surface area contributed by atoms with E-state index in [1.807, 2.05) is 0 Å². The van der Waals surface area contributed by atoms with Crippen LogP contribution in [0.25, 0.3) is 0 Å². The molecule has 0 nitrogen and oxygen atoms in total. The van der Waals surface area contributed by atoms with Gasteiger partial charge in [-0.2, -0.15) is 0 Å². The Morgan fingerprint density at radius 3 is 1.07 bits per heavy atom. The van der Waals surface area contributed by atoms with Crippen LogP contribution in [0.15, 0.2) is 0 Å². The third kappa shape index (κ3) is 20.0. The Labute approximate surface area is 256 Å². The summed E-state index contributed by atoms with van der Waals surface area (Å²) in [6.07, 6.45) is 41.8. The molecule has 1 saturated carbocycles. The first kappa shape index (κ1) is 38.0. The summed E-state index contributed by atoms with van der Waals surface area (Å²) in [4.78, 5) is 0. The smallest absolute Gasteiger partial charge is 0.0355 e. The van der Waals surface area contributed by atoms with Gasteiger partial charge in [0.25, 0.3) is 0 Å². The molecule has 1 fully saturated rings. The zero-order valence-electron chi connectivity index (χ0n) is 29.3. The minimum Gasteiger partial charge on any atom is -0.0654 e. The van der Waals surface area contributed by atoms with Crippen molar-refractivity contribution in [1.29, 1.82) is 0 Å². The van der Waals surface area contributed by atoms with E-state index in [0.29, 0.717) is 0 Å². The Morgan fingerprint density at radius 2 is 0.675 bits per heavy atom. The molecule has 0 N–H and O–H groups in total. The van der Waals surface area contributed by atoms with E-state index in [4.69, 9.17) is 0 Å². The maximum Gasteiger partial charge on any atom is -0.0355 e. The molecule has 4 atom stereocenters. The lowest BCUT2D eigenvalue weighted by Crippen LogP contribution is -2.35. The molecule has 0 aromatic rings. The van der Waals surface area contributed by atoms with Gasteiger partial charge in [-0.3, -0.25) is 0 Å². The van der Waals surface area contributed by atoms with Crippen LogP contribution in [0, 0.1) is 35.5 Å². The molecule has 0 radical (unpaired) electrons. The Kier molecular flexibility index (Phi) is 25.3. The fourth-order valence-electron chi connectivity index (χ4n) is 8.12. The molecule has 0 aliphatic heterocycles. The van der Waals surface area contributed by atoms with Gasteiger partial charge in [0.1, 0.15) is 0 Å². The van der Waals surface area contributed by atoms with Crippen molar-refractivity contribution in [3.63, 3.8) is 0 Å². The van der Waals surface area contributed by atoms with E-state index in [0.717, 1.165) is 35.5 Å². The average molecular weight is 561 g/mol. The zero-order valence-corrected chi connectivity index (χ0v) is 29.3. The van der Waals surface area contributed by atoms with E-state index >= 15 is 0 Å². The minimum atomic E-state index is 0.886. The maximum atomic E-state index is 2.39. The Bertz CT molecular complexity index is 504. The number of hydrogen-bond acceptors (Lipinski definition) is 0. The summed E-state index contributed by atoms with van der Waals surface area (Å²) >= 11 is 0. The monoisotopic (exact) mass is 561 g/mol. The fraction of sp³-hybridized carbons (Fsp3) is 1.00. The van der Waals surface area contributed by atoms with E-state index in [1.165, 1.54) is 141 Å². The van der Waals surface area contributed by atoms with Gasteiger partial charge < -0.3 is 0 Å². The van der Waals surface area contributed by atoms with Crippen LogP contribution in [-0.2, 0) is 0 Å². The second kappa shape index (κ2) is 26.6. The first-order valence-corrected chi connectivity index (χ1v) is 19.5. The molecular formula is C40H80. The predicted molar refractivity (Wildman–Crippen MR) is 184 cm³/mol. The van der Waals surface area contributed by atoms with Crippen LogP contribution in [0.2, 0.25) is 0 Å². The van der Waals surface area contributed by atoms with Crippen molar-refractivity contribution in [2.45, 2.75) is 221 Å². The van der Waals surface area contributed by atoms with Crippen molar-refractivity contribution < 1.29 is 0 Å². The summed E-state index contributed by atoms with van der Waals surface area (Å²) in [5.41, 5.74) is 0. The van der Waals surface area contributed by atoms with Gasteiger partial charge in [0.05, 0.1) is 0 Å². The summed E-state index contributed by atoms with van der Waals surface area (Å²) in [7, 11) is 0. The molecule has 0 heteroatoms. The van der Waals surface area contributed by atoms with Crippen molar-refractivity contribution in [2.24, 2.45) is 35.5 Å². The van der Waals surface area contributed by atoms with Crippen LogP contribution in [0.4, 0.5) is 0 Å². The van der Waals surface area contributed by atoms with Gasteiger partial charge in [-0.15, -0.1) is 0 Å². The highest BCUT2D eigenvalue weighted by atomic mass is 14.4. The van der Waals surface area contributed by atoms with Gasteiger partial charge in [-0.05, 0) is 61.2 Å². The molecule has 4 unspecified atom stereocenters. The summed E-state index contributed by atoms with van der Waals surface area (Å²) < 4.78 is 0. The second-order valence-corrected chi connectivity index (χ2v) is 15.3. The quantitative estimate of drug-likeness (QED) is 0.0834. The number of rotatable bonds is 28. The molecule has 1 rings (SSSR count). The highest BCUT2D eigenvalue weighted by molar-refractivity contribution is 4.88. The fourth-order valence-corrected chi connectivity index (χ4v) is 8.12. The van der Waals surface area contributed by atoms with Crippen molar-refractivity contribution >= 4 is 0 Å². The molecule has 0 heterocycles. The molecular weight excluding hydrogens is 480 g/mol. The second-order valence-electron chi connectivity index (χ2n) is 15.3. The van der Waals surface area contributed by atoms with E-state index in [2.05, 4.69) is 41.5 Å².